The maximum absolute atomic E-state index is 13.9. The van der Waals surface area contributed by atoms with E-state index in [9.17, 15) is 4.79 Å². The highest BCUT2D eigenvalue weighted by Gasteiger charge is 2.40. The van der Waals surface area contributed by atoms with Gasteiger partial charge in [-0.25, -0.2) is 9.78 Å². The molecule has 0 saturated heterocycles. The van der Waals surface area contributed by atoms with Crippen molar-refractivity contribution in [3.63, 3.8) is 0 Å². The van der Waals surface area contributed by atoms with Crippen molar-refractivity contribution in [3.8, 4) is 0 Å². The lowest BCUT2D eigenvalue weighted by atomic mass is 9.76. The van der Waals surface area contributed by atoms with Crippen molar-refractivity contribution in [1.29, 1.82) is 0 Å². The molecule has 0 fully saturated rings. The van der Waals surface area contributed by atoms with Crippen LogP contribution in [0.2, 0.25) is 0 Å². The number of carbonyl (C=O) groups is 1. The van der Waals surface area contributed by atoms with Crippen LogP contribution in [0.3, 0.4) is 0 Å². The Morgan fingerprint density at radius 2 is 1.26 bits per heavy atom. The largest absolute Gasteiger partial charge is 0.329 e. The molecule has 0 aliphatic carbocycles. The maximum atomic E-state index is 13.9. The number of fused-ring (bicyclic) bond motifs is 3. The van der Waals surface area contributed by atoms with Gasteiger partial charge in [0.2, 0.25) is 0 Å². The van der Waals surface area contributed by atoms with Crippen LogP contribution in [0.1, 0.15) is 39.3 Å². The van der Waals surface area contributed by atoms with Gasteiger partial charge in [-0.3, -0.25) is 4.57 Å². The number of aryl methyl sites for hydroxylation is 1. The zero-order chi connectivity index (χ0) is 28.0. The molecule has 2 aromatic heterocycles. The van der Waals surface area contributed by atoms with Crippen molar-refractivity contribution in [2.45, 2.75) is 32.4 Å². The zero-order valence-electron chi connectivity index (χ0n) is 23.8. The quantitative estimate of drug-likeness (QED) is 0.192. The lowest BCUT2D eigenvalue weighted by Crippen LogP contribution is -2.41. The molecule has 4 aromatic carbocycles. The van der Waals surface area contributed by atoms with E-state index >= 15 is 0 Å². The summed E-state index contributed by atoms with van der Waals surface area (Å²) in [6.07, 6.45) is 2.78. The number of para-hydroxylation sites is 1. The molecule has 42 heavy (non-hydrogen) atoms. The molecule has 6 heteroatoms. The molecule has 1 aliphatic heterocycles. The van der Waals surface area contributed by atoms with Gasteiger partial charge in [0.05, 0.1) is 24.1 Å². The zero-order valence-corrected chi connectivity index (χ0v) is 24.6. The predicted molar refractivity (Wildman–Crippen MR) is 170 cm³/mol. The number of nitrogens with zero attached hydrogens (tertiary/aromatic N) is 4. The van der Waals surface area contributed by atoms with E-state index in [1.165, 1.54) is 5.56 Å². The normalized spacial score (nSPS) is 13.2. The van der Waals surface area contributed by atoms with Crippen LogP contribution in [0.5, 0.6) is 0 Å². The highest BCUT2D eigenvalue weighted by Crippen LogP contribution is 2.42. The molecular formula is C36H33ClN4O. The second kappa shape index (κ2) is 11.0. The van der Waals surface area contributed by atoms with Crippen LogP contribution in [-0.4, -0.2) is 31.6 Å². The third-order valence-corrected chi connectivity index (χ3v) is 8.72. The Hall–Kier alpha value is -4.61. The fourth-order valence-corrected chi connectivity index (χ4v) is 6.67. The van der Waals surface area contributed by atoms with Crippen molar-refractivity contribution in [1.82, 2.24) is 19.0 Å². The van der Waals surface area contributed by atoms with E-state index in [0.29, 0.717) is 13.1 Å². The SMILES string of the molecule is Cc1c2n(c3ccccc13)C(=O)N(Cc1ncn(C(c3ccccc3)(c3ccccc3)c3ccccc3)c1C)CC2.Cl. The van der Waals surface area contributed by atoms with Crippen LogP contribution in [0.25, 0.3) is 10.9 Å². The number of amides is 1. The van der Waals surface area contributed by atoms with Gasteiger partial charge in [0.1, 0.15) is 5.54 Å². The van der Waals surface area contributed by atoms with Crippen molar-refractivity contribution in [2.75, 3.05) is 6.54 Å². The smallest absolute Gasteiger partial charge is 0.318 e. The van der Waals surface area contributed by atoms with Gasteiger partial charge in [0.25, 0.3) is 0 Å². The highest BCUT2D eigenvalue weighted by molar-refractivity contribution is 5.96. The summed E-state index contributed by atoms with van der Waals surface area (Å²) in [5.74, 6) is 0. The average Bonchev–Trinajstić information content (AvgIpc) is 3.54. The molecule has 5 nitrogen and oxygen atoms in total. The molecule has 1 amide bonds. The van der Waals surface area contributed by atoms with Gasteiger partial charge in [-0.1, -0.05) is 109 Å². The van der Waals surface area contributed by atoms with Crippen molar-refractivity contribution in [3.05, 3.63) is 161 Å². The van der Waals surface area contributed by atoms with E-state index in [4.69, 9.17) is 4.98 Å². The van der Waals surface area contributed by atoms with Gasteiger partial charge in [-0.2, -0.15) is 0 Å². The van der Waals surface area contributed by atoms with Crippen LogP contribution < -0.4 is 0 Å². The molecule has 1 aliphatic rings. The Morgan fingerprint density at radius 3 is 1.83 bits per heavy atom. The number of aromatic nitrogens is 3. The summed E-state index contributed by atoms with van der Waals surface area (Å²) in [7, 11) is 0. The van der Waals surface area contributed by atoms with Gasteiger partial charge in [0, 0.05) is 29.7 Å². The van der Waals surface area contributed by atoms with E-state index in [0.717, 1.165) is 51.1 Å². The summed E-state index contributed by atoms with van der Waals surface area (Å²) in [5, 5.41) is 1.15. The topological polar surface area (TPSA) is 43.1 Å². The Bertz CT molecular complexity index is 1760. The van der Waals surface area contributed by atoms with E-state index in [1.54, 1.807) is 0 Å². The fourth-order valence-electron chi connectivity index (χ4n) is 6.67. The molecule has 3 heterocycles. The van der Waals surface area contributed by atoms with E-state index in [2.05, 4.69) is 115 Å². The highest BCUT2D eigenvalue weighted by atomic mass is 35.5. The van der Waals surface area contributed by atoms with Crippen molar-refractivity contribution >= 4 is 29.3 Å². The number of hydrogen-bond acceptors (Lipinski definition) is 2. The monoisotopic (exact) mass is 572 g/mol. The number of rotatable bonds is 6. The lowest BCUT2D eigenvalue weighted by Gasteiger charge is -2.38. The minimum atomic E-state index is -0.633. The standard InChI is InChI=1S/C36H32N4O.ClH/c1-26-31-20-12-13-21-34(31)40-33(26)22-23-38(35(40)41)24-32-27(2)39(25-37-32)36(28-14-6-3-7-15-28,29-16-8-4-9-17-29)30-18-10-5-11-19-30;/h3-21,25H,22-24H2,1-2H3;1H. The molecule has 0 N–H and O–H groups in total. The molecule has 0 spiro atoms. The van der Waals surface area contributed by atoms with Gasteiger partial charge in [0.15, 0.2) is 0 Å². The maximum Gasteiger partial charge on any atom is 0.329 e. The van der Waals surface area contributed by atoms with Crippen molar-refractivity contribution < 1.29 is 4.79 Å². The molecule has 210 valence electrons. The number of benzene rings is 4. The van der Waals surface area contributed by atoms with Crippen LogP contribution in [0, 0.1) is 13.8 Å². The molecule has 0 bridgehead atoms. The summed E-state index contributed by atoms with van der Waals surface area (Å²) in [4.78, 5) is 20.8. The van der Waals surface area contributed by atoms with Crippen LogP contribution in [-0.2, 0) is 18.5 Å². The summed E-state index contributed by atoms with van der Waals surface area (Å²) >= 11 is 0. The Labute approximate surface area is 252 Å². The molecule has 7 rings (SSSR count). The second-order valence-electron chi connectivity index (χ2n) is 10.8. The molecular weight excluding hydrogens is 540 g/mol. The fraction of sp³-hybridized carbons (Fsp3) is 0.167. The molecule has 0 radical (unpaired) electrons. The summed E-state index contributed by atoms with van der Waals surface area (Å²) in [6.45, 7) is 5.38. The predicted octanol–water partition coefficient (Wildman–Crippen LogP) is 7.74. The van der Waals surface area contributed by atoms with Crippen LogP contribution >= 0.6 is 12.4 Å². The number of imidazole rings is 1. The van der Waals surface area contributed by atoms with Gasteiger partial charge in [-0.05, 0) is 42.2 Å². The van der Waals surface area contributed by atoms with Gasteiger partial charge in [-0.15, -0.1) is 12.4 Å². The molecule has 0 unspecified atom stereocenters. The molecule has 0 atom stereocenters. The minimum absolute atomic E-state index is 0. The third kappa shape index (κ3) is 4.15. The van der Waals surface area contributed by atoms with Crippen molar-refractivity contribution in [2.24, 2.45) is 0 Å². The first-order valence-corrected chi connectivity index (χ1v) is 14.2. The number of hydrogen-bond donors (Lipinski definition) is 0. The molecule has 0 saturated carbocycles. The Morgan fingerprint density at radius 1 is 0.738 bits per heavy atom. The second-order valence-corrected chi connectivity index (χ2v) is 10.8. The van der Waals surface area contributed by atoms with Gasteiger partial charge < -0.3 is 9.47 Å². The number of halogens is 1. The summed E-state index contributed by atoms with van der Waals surface area (Å²) in [5.41, 5.74) is 8.06. The van der Waals surface area contributed by atoms with E-state index in [-0.39, 0.29) is 18.4 Å². The number of carbonyl (C=O) groups excluding carboxylic acids is 1. The Kier molecular flexibility index (Phi) is 7.21. The van der Waals surface area contributed by atoms with Crippen LogP contribution in [0.4, 0.5) is 4.79 Å². The average molecular weight is 573 g/mol. The van der Waals surface area contributed by atoms with E-state index in [1.807, 2.05) is 34.0 Å². The lowest BCUT2D eigenvalue weighted by molar-refractivity contribution is 0.190. The first kappa shape index (κ1) is 27.6. The van der Waals surface area contributed by atoms with Gasteiger partial charge >= 0.3 is 6.03 Å². The first-order valence-electron chi connectivity index (χ1n) is 14.2. The third-order valence-electron chi connectivity index (χ3n) is 8.72. The summed E-state index contributed by atoms with van der Waals surface area (Å²) in [6, 6.07) is 40.1. The minimum Gasteiger partial charge on any atom is -0.318 e. The summed E-state index contributed by atoms with van der Waals surface area (Å²) < 4.78 is 4.19. The van der Waals surface area contributed by atoms with E-state index < -0.39 is 5.54 Å². The van der Waals surface area contributed by atoms with Crippen LogP contribution in [0.15, 0.2) is 122 Å². The first-order chi connectivity index (χ1) is 20.1. The Balaban J connectivity index is 0.00000316. The molecule has 6 aromatic rings.